The molecule has 1 fully saturated rings. The summed E-state index contributed by atoms with van der Waals surface area (Å²) < 4.78 is 3.89. The molecule has 146 valence electrons. The molecule has 28 heavy (non-hydrogen) atoms. The third kappa shape index (κ3) is 3.80. The summed E-state index contributed by atoms with van der Waals surface area (Å²) in [6, 6.07) is 15.7. The monoisotopic (exact) mass is 376 g/mol. The number of hydrogen-bond donors (Lipinski definition) is 1. The summed E-state index contributed by atoms with van der Waals surface area (Å²) >= 11 is 0. The van der Waals surface area contributed by atoms with Crippen LogP contribution in [0.15, 0.2) is 48.5 Å². The van der Waals surface area contributed by atoms with Gasteiger partial charge in [-0.2, -0.15) is 0 Å². The number of ketones is 1. The first-order chi connectivity index (χ1) is 13.6. The van der Waals surface area contributed by atoms with E-state index in [0.29, 0.717) is 11.2 Å². The topological polar surface area (TPSA) is 54.0 Å². The molecular weight excluding hydrogens is 348 g/mol. The number of imidazole rings is 1. The number of nitrogens with zero attached hydrogens (tertiary/aromatic N) is 3. The van der Waals surface area contributed by atoms with Gasteiger partial charge in [-0.1, -0.05) is 48.4 Å². The molecule has 1 aliphatic rings. The molecular formula is C23H28N4O. The molecule has 5 heteroatoms. The van der Waals surface area contributed by atoms with Crippen molar-refractivity contribution in [2.45, 2.75) is 39.3 Å². The second-order valence-corrected chi connectivity index (χ2v) is 7.74. The van der Waals surface area contributed by atoms with E-state index in [1.165, 1.54) is 19.3 Å². The van der Waals surface area contributed by atoms with Gasteiger partial charge in [0.05, 0.1) is 17.6 Å². The average Bonchev–Trinajstić information content (AvgIpc) is 2.99. The van der Waals surface area contributed by atoms with E-state index in [2.05, 4.69) is 11.0 Å². The highest BCUT2D eigenvalue weighted by atomic mass is 16.1. The van der Waals surface area contributed by atoms with Crippen molar-refractivity contribution in [1.82, 2.24) is 14.0 Å². The van der Waals surface area contributed by atoms with Crippen LogP contribution in [-0.4, -0.2) is 39.5 Å². The lowest BCUT2D eigenvalue weighted by atomic mass is 10.1. The van der Waals surface area contributed by atoms with Gasteiger partial charge in [0.15, 0.2) is 5.78 Å². The second kappa shape index (κ2) is 8.15. The van der Waals surface area contributed by atoms with Gasteiger partial charge in [0, 0.05) is 18.7 Å². The Hall–Kier alpha value is -2.66. The molecule has 1 aromatic heterocycles. The fourth-order valence-electron chi connectivity index (χ4n) is 4.08. The van der Waals surface area contributed by atoms with E-state index in [-0.39, 0.29) is 12.3 Å². The predicted molar refractivity (Wildman–Crippen MR) is 112 cm³/mol. The van der Waals surface area contributed by atoms with Gasteiger partial charge < -0.3 is 14.0 Å². The van der Waals surface area contributed by atoms with Crippen molar-refractivity contribution in [2.75, 3.05) is 19.6 Å². The number of aromatic nitrogens is 2. The summed E-state index contributed by atoms with van der Waals surface area (Å²) in [7, 11) is 0. The Bertz CT molecular complexity index is 1020. The first-order valence-corrected chi connectivity index (χ1v) is 10.2. The zero-order valence-electron chi connectivity index (χ0n) is 16.5. The maximum absolute atomic E-state index is 12.8. The van der Waals surface area contributed by atoms with Crippen LogP contribution < -0.4 is 5.62 Å². The average molecular weight is 377 g/mol. The van der Waals surface area contributed by atoms with Crippen LogP contribution >= 0.6 is 0 Å². The van der Waals surface area contributed by atoms with Gasteiger partial charge in [0.25, 0.3) is 0 Å². The maximum atomic E-state index is 12.8. The molecule has 0 spiro atoms. The first kappa shape index (κ1) is 18.7. The molecule has 1 N–H and O–H groups in total. The molecule has 0 aliphatic carbocycles. The lowest BCUT2D eigenvalue weighted by molar-refractivity contribution is 0.0971. The molecule has 0 radical (unpaired) electrons. The van der Waals surface area contributed by atoms with E-state index in [4.69, 9.17) is 5.41 Å². The van der Waals surface area contributed by atoms with Crippen molar-refractivity contribution < 1.29 is 4.79 Å². The number of nitrogens with one attached hydrogen (secondary N) is 1. The summed E-state index contributed by atoms with van der Waals surface area (Å²) in [6.07, 6.45) is 3.87. The minimum absolute atomic E-state index is 0.0393. The van der Waals surface area contributed by atoms with Crippen molar-refractivity contribution in [2.24, 2.45) is 0 Å². The van der Waals surface area contributed by atoms with Crippen LogP contribution in [-0.2, 0) is 13.1 Å². The minimum atomic E-state index is 0.0393. The fraction of sp³-hybridized carbons (Fsp3) is 0.391. The van der Waals surface area contributed by atoms with Crippen LogP contribution in [0.2, 0.25) is 0 Å². The lowest BCUT2D eigenvalue weighted by Crippen LogP contribution is -2.35. The highest BCUT2D eigenvalue weighted by Gasteiger charge is 2.16. The molecule has 0 unspecified atom stereocenters. The van der Waals surface area contributed by atoms with Gasteiger partial charge in [0.2, 0.25) is 5.62 Å². The molecule has 4 rings (SSSR count). The van der Waals surface area contributed by atoms with Gasteiger partial charge in [-0.05, 0) is 45.0 Å². The van der Waals surface area contributed by atoms with Crippen LogP contribution in [0.3, 0.4) is 0 Å². The Morgan fingerprint density at radius 2 is 1.54 bits per heavy atom. The molecule has 0 atom stereocenters. The third-order valence-electron chi connectivity index (χ3n) is 5.74. The van der Waals surface area contributed by atoms with Gasteiger partial charge in [-0.25, -0.2) is 0 Å². The van der Waals surface area contributed by atoms with Gasteiger partial charge >= 0.3 is 0 Å². The number of rotatable bonds is 6. The lowest BCUT2D eigenvalue weighted by Gasteiger charge is -2.26. The molecule has 0 amide bonds. The number of likely N-dealkylation sites (tertiary alicyclic amines) is 1. The largest absolute Gasteiger partial charge is 0.309 e. The van der Waals surface area contributed by atoms with Gasteiger partial charge in [-0.3, -0.25) is 10.2 Å². The quantitative estimate of drug-likeness (QED) is 0.668. The van der Waals surface area contributed by atoms with E-state index in [9.17, 15) is 4.79 Å². The Morgan fingerprint density at radius 3 is 2.21 bits per heavy atom. The number of carbonyl (C=O) groups excluding carboxylic acids is 1. The second-order valence-electron chi connectivity index (χ2n) is 7.74. The number of piperidine rings is 1. The number of aryl methyl sites for hydroxylation is 1. The normalized spacial score (nSPS) is 15.2. The van der Waals surface area contributed by atoms with Gasteiger partial charge in [-0.15, -0.1) is 0 Å². The van der Waals surface area contributed by atoms with Crippen LogP contribution in [0.1, 0.15) is 35.2 Å². The molecule has 3 aromatic rings. The molecule has 0 bridgehead atoms. The molecule has 5 nitrogen and oxygen atoms in total. The summed E-state index contributed by atoms with van der Waals surface area (Å²) in [5.41, 5.74) is 4.22. The van der Waals surface area contributed by atoms with Crippen LogP contribution in [0, 0.1) is 12.3 Å². The SMILES string of the molecule is Cc1ccc(C(=O)Cn2c(=N)n(CCN3CCCCC3)c3ccccc32)cc1. The zero-order chi connectivity index (χ0) is 19.5. The number of benzene rings is 2. The van der Waals surface area contributed by atoms with Crippen LogP contribution in [0.4, 0.5) is 0 Å². The first-order valence-electron chi connectivity index (χ1n) is 10.2. The number of carbonyl (C=O) groups is 1. The van der Waals surface area contributed by atoms with Crippen molar-refractivity contribution >= 4 is 16.8 Å². The summed E-state index contributed by atoms with van der Waals surface area (Å²) in [5.74, 6) is 0.0393. The number of Topliss-reactive ketones (excluding diaryl/α,β-unsaturated/α-hetero) is 1. The van der Waals surface area contributed by atoms with Crippen molar-refractivity contribution in [3.8, 4) is 0 Å². The maximum Gasteiger partial charge on any atom is 0.203 e. The summed E-state index contributed by atoms with van der Waals surface area (Å²) in [6.45, 7) is 6.25. The Morgan fingerprint density at radius 1 is 0.893 bits per heavy atom. The number of para-hydroxylation sites is 2. The zero-order valence-corrected chi connectivity index (χ0v) is 16.5. The Kier molecular flexibility index (Phi) is 5.44. The van der Waals surface area contributed by atoms with Crippen LogP contribution in [0.25, 0.3) is 11.0 Å². The van der Waals surface area contributed by atoms with E-state index in [1.54, 1.807) is 0 Å². The summed E-state index contributed by atoms with van der Waals surface area (Å²) in [5, 5.41) is 8.74. The molecule has 2 heterocycles. The smallest absolute Gasteiger partial charge is 0.203 e. The number of hydrogen-bond acceptors (Lipinski definition) is 3. The van der Waals surface area contributed by atoms with E-state index < -0.39 is 0 Å². The summed E-state index contributed by atoms with van der Waals surface area (Å²) in [4.78, 5) is 15.3. The molecule has 2 aromatic carbocycles. The van der Waals surface area contributed by atoms with Crippen molar-refractivity contribution in [3.05, 3.63) is 65.3 Å². The fourth-order valence-corrected chi connectivity index (χ4v) is 4.08. The molecule has 0 saturated carbocycles. The highest BCUT2D eigenvalue weighted by Crippen LogP contribution is 2.15. The Balaban J connectivity index is 1.61. The minimum Gasteiger partial charge on any atom is -0.309 e. The highest BCUT2D eigenvalue weighted by molar-refractivity contribution is 5.96. The molecule has 1 aliphatic heterocycles. The van der Waals surface area contributed by atoms with Crippen LogP contribution in [0.5, 0.6) is 0 Å². The van der Waals surface area contributed by atoms with E-state index in [1.807, 2.05) is 58.5 Å². The van der Waals surface area contributed by atoms with Crippen molar-refractivity contribution in [1.29, 1.82) is 5.41 Å². The molecule has 1 saturated heterocycles. The van der Waals surface area contributed by atoms with Crippen molar-refractivity contribution in [3.63, 3.8) is 0 Å². The van der Waals surface area contributed by atoms with E-state index in [0.717, 1.165) is 42.8 Å². The van der Waals surface area contributed by atoms with Gasteiger partial charge in [0.1, 0.15) is 0 Å². The Labute approximate surface area is 165 Å². The third-order valence-corrected chi connectivity index (χ3v) is 5.74. The number of fused-ring (bicyclic) bond motifs is 1. The predicted octanol–water partition coefficient (Wildman–Crippen LogP) is 3.60. The van der Waals surface area contributed by atoms with E-state index >= 15 is 0 Å². The standard InChI is InChI=1S/C23H28N4O/c1-18-9-11-19(12-10-18)22(28)17-27-21-8-4-3-7-20(21)26(23(27)24)16-15-25-13-5-2-6-14-25/h3-4,7-12,24H,2,5-6,13-17H2,1H3.